The second-order valence-electron chi connectivity index (χ2n) is 4.20. The summed E-state index contributed by atoms with van der Waals surface area (Å²) < 4.78 is 4.96. The molecule has 0 heterocycles. The lowest BCUT2D eigenvalue weighted by molar-refractivity contribution is -0.384. The molecule has 0 aliphatic carbocycles. The molecule has 1 unspecified atom stereocenters. The van der Waals surface area contributed by atoms with Gasteiger partial charge in [-0.3, -0.25) is 10.1 Å². The lowest BCUT2D eigenvalue weighted by atomic mass is 10.1. The van der Waals surface area contributed by atoms with Crippen LogP contribution in [0.15, 0.2) is 18.2 Å². The Kier molecular flexibility index (Phi) is 5.25. The SMILES string of the molecule is COCC(C)CNc1c(C(=O)O)cccc1[N+](=O)[O-]. The van der Waals surface area contributed by atoms with Crippen molar-refractivity contribution in [3.05, 3.63) is 33.9 Å². The fourth-order valence-electron chi connectivity index (χ4n) is 1.68. The monoisotopic (exact) mass is 268 g/mol. The van der Waals surface area contributed by atoms with Gasteiger partial charge in [-0.2, -0.15) is 0 Å². The predicted octanol–water partition coefficient (Wildman–Crippen LogP) is 1.99. The average Bonchev–Trinajstić information content (AvgIpc) is 2.35. The van der Waals surface area contributed by atoms with Crippen molar-refractivity contribution >= 4 is 17.3 Å². The normalized spacial score (nSPS) is 11.9. The summed E-state index contributed by atoms with van der Waals surface area (Å²) in [6, 6.07) is 3.96. The number of nitro benzene ring substituents is 1. The third-order valence-electron chi connectivity index (χ3n) is 2.55. The van der Waals surface area contributed by atoms with Crippen molar-refractivity contribution in [2.24, 2.45) is 5.92 Å². The second-order valence-corrected chi connectivity index (χ2v) is 4.20. The molecule has 0 aliphatic rings. The zero-order valence-electron chi connectivity index (χ0n) is 10.8. The maximum Gasteiger partial charge on any atom is 0.338 e. The van der Waals surface area contributed by atoms with Gasteiger partial charge in [0, 0.05) is 19.7 Å². The zero-order valence-corrected chi connectivity index (χ0v) is 10.8. The van der Waals surface area contributed by atoms with E-state index in [2.05, 4.69) is 5.32 Å². The summed E-state index contributed by atoms with van der Waals surface area (Å²) in [5.74, 6) is -1.10. The Hall–Kier alpha value is -2.15. The number of ether oxygens (including phenoxy) is 1. The third-order valence-corrected chi connectivity index (χ3v) is 2.55. The molecule has 0 fully saturated rings. The van der Waals surface area contributed by atoms with Crippen LogP contribution in [0.3, 0.4) is 0 Å². The highest BCUT2D eigenvalue weighted by molar-refractivity contribution is 5.96. The lowest BCUT2D eigenvalue weighted by Gasteiger charge is -2.14. The largest absolute Gasteiger partial charge is 0.478 e. The first kappa shape index (κ1) is 14.9. The van der Waals surface area contributed by atoms with E-state index in [1.54, 1.807) is 7.11 Å². The Bertz CT molecular complexity index is 443. The number of benzene rings is 1. The summed E-state index contributed by atoms with van der Waals surface area (Å²) in [7, 11) is 1.56. The molecule has 104 valence electrons. The molecule has 0 aliphatic heterocycles. The first-order valence-electron chi connectivity index (χ1n) is 5.70. The number of methoxy groups -OCH3 is 1. The van der Waals surface area contributed by atoms with Gasteiger partial charge in [0.05, 0.1) is 17.1 Å². The van der Waals surface area contributed by atoms with Gasteiger partial charge >= 0.3 is 5.97 Å². The van der Waals surface area contributed by atoms with Crippen molar-refractivity contribution in [1.29, 1.82) is 0 Å². The van der Waals surface area contributed by atoms with Gasteiger partial charge in [0.2, 0.25) is 0 Å². The van der Waals surface area contributed by atoms with Crippen LogP contribution in [0.25, 0.3) is 0 Å². The zero-order chi connectivity index (χ0) is 14.4. The Balaban J connectivity index is 3.01. The van der Waals surface area contributed by atoms with Crippen LogP contribution in [0, 0.1) is 16.0 Å². The number of carbonyl (C=O) groups is 1. The van der Waals surface area contributed by atoms with Crippen molar-refractivity contribution in [3.63, 3.8) is 0 Å². The molecule has 0 saturated carbocycles. The van der Waals surface area contributed by atoms with Crippen LogP contribution in [0.4, 0.5) is 11.4 Å². The number of carboxylic acid groups (broad SMARTS) is 1. The minimum absolute atomic E-state index is 0.0305. The van der Waals surface area contributed by atoms with Gasteiger partial charge in [0.1, 0.15) is 5.69 Å². The van der Waals surface area contributed by atoms with Crippen molar-refractivity contribution in [3.8, 4) is 0 Å². The number of anilines is 1. The molecular formula is C12H16N2O5. The molecule has 0 aromatic heterocycles. The number of hydrogen-bond acceptors (Lipinski definition) is 5. The topological polar surface area (TPSA) is 102 Å². The van der Waals surface area contributed by atoms with Crippen LogP contribution < -0.4 is 5.32 Å². The summed E-state index contributed by atoms with van der Waals surface area (Å²) in [6.07, 6.45) is 0. The van der Waals surface area contributed by atoms with Crippen molar-refractivity contribution < 1.29 is 19.6 Å². The Morgan fingerprint density at radius 2 is 2.26 bits per heavy atom. The lowest BCUT2D eigenvalue weighted by Crippen LogP contribution is -2.18. The fraction of sp³-hybridized carbons (Fsp3) is 0.417. The molecule has 1 atom stereocenters. The van der Waals surface area contributed by atoms with Crippen molar-refractivity contribution in [2.45, 2.75) is 6.92 Å². The molecule has 0 bridgehead atoms. The molecule has 0 amide bonds. The number of aromatic carboxylic acids is 1. The maximum atomic E-state index is 11.1. The van der Waals surface area contributed by atoms with Crippen LogP contribution in [-0.4, -0.2) is 36.3 Å². The van der Waals surface area contributed by atoms with Crippen LogP contribution in [0.2, 0.25) is 0 Å². The summed E-state index contributed by atoms with van der Waals surface area (Å²) in [4.78, 5) is 21.4. The second kappa shape index (κ2) is 6.69. The van der Waals surface area contributed by atoms with E-state index >= 15 is 0 Å². The first-order valence-corrected chi connectivity index (χ1v) is 5.70. The van der Waals surface area contributed by atoms with E-state index in [9.17, 15) is 14.9 Å². The number of para-hydroxylation sites is 1. The van der Waals surface area contributed by atoms with Gasteiger partial charge < -0.3 is 15.2 Å². The summed E-state index contributed by atoms with van der Waals surface area (Å²) >= 11 is 0. The van der Waals surface area contributed by atoms with E-state index in [0.29, 0.717) is 13.2 Å². The smallest absolute Gasteiger partial charge is 0.338 e. The van der Waals surface area contributed by atoms with Crippen LogP contribution >= 0.6 is 0 Å². The Labute approximate surface area is 110 Å². The minimum Gasteiger partial charge on any atom is -0.478 e. The molecule has 0 spiro atoms. The highest BCUT2D eigenvalue weighted by Crippen LogP contribution is 2.28. The molecule has 0 saturated heterocycles. The fourth-order valence-corrected chi connectivity index (χ4v) is 1.68. The van der Waals surface area contributed by atoms with Gasteiger partial charge in [0.15, 0.2) is 0 Å². The Morgan fingerprint density at radius 3 is 2.79 bits per heavy atom. The van der Waals surface area contributed by atoms with E-state index in [0.717, 1.165) is 0 Å². The molecular weight excluding hydrogens is 252 g/mol. The molecule has 7 heteroatoms. The number of nitro groups is 1. The van der Waals surface area contributed by atoms with Gasteiger partial charge in [0.25, 0.3) is 5.69 Å². The van der Waals surface area contributed by atoms with E-state index in [4.69, 9.17) is 9.84 Å². The molecule has 1 rings (SSSR count). The van der Waals surface area contributed by atoms with E-state index < -0.39 is 10.9 Å². The molecule has 1 aromatic rings. The summed E-state index contributed by atoms with van der Waals surface area (Å²) in [5, 5.41) is 22.8. The van der Waals surface area contributed by atoms with Crippen molar-refractivity contribution in [2.75, 3.05) is 25.6 Å². The average molecular weight is 268 g/mol. The van der Waals surface area contributed by atoms with E-state index in [1.165, 1.54) is 18.2 Å². The van der Waals surface area contributed by atoms with Crippen LogP contribution in [-0.2, 0) is 4.74 Å². The highest BCUT2D eigenvalue weighted by Gasteiger charge is 2.21. The Morgan fingerprint density at radius 1 is 1.58 bits per heavy atom. The standard InChI is InChI=1S/C12H16N2O5/c1-8(7-19-2)6-13-11-9(12(15)16)4-3-5-10(11)14(17)18/h3-5,8,13H,6-7H2,1-2H3,(H,15,16). The van der Waals surface area contributed by atoms with E-state index in [-0.39, 0.29) is 22.9 Å². The molecule has 0 radical (unpaired) electrons. The predicted molar refractivity (Wildman–Crippen MR) is 69.6 cm³/mol. The van der Waals surface area contributed by atoms with E-state index in [1.807, 2.05) is 6.92 Å². The first-order chi connectivity index (χ1) is 8.97. The third kappa shape index (κ3) is 3.92. The summed E-state index contributed by atoms with van der Waals surface area (Å²) in [6.45, 7) is 2.76. The summed E-state index contributed by atoms with van der Waals surface area (Å²) in [5.41, 5.74) is -0.328. The number of hydrogen-bond donors (Lipinski definition) is 2. The van der Waals surface area contributed by atoms with Crippen LogP contribution in [0.5, 0.6) is 0 Å². The van der Waals surface area contributed by atoms with Gasteiger partial charge in [-0.1, -0.05) is 13.0 Å². The number of rotatable bonds is 7. The molecule has 7 nitrogen and oxygen atoms in total. The number of nitrogens with one attached hydrogen (secondary N) is 1. The van der Waals surface area contributed by atoms with Crippen LogP contribution in [0.1, 0.15) is 17.3 Å². The molecule has 2 N–H and O–H groups in total. The highest BCUT2D eigenvalue weighted by atomic mass is 16.6. The van der Waals surface area contributed by atoms with Gasteiger partial charge in [-0.25, -0.2) is 4.79 Å². The van der Waals surface area contributed by atoms with Gasteiger partial charge in [-0.05, 0) is 12.0 Å². The number of carboxylic acids is 1. The molecule has 1 aromatic carbocycles. The minimum atomic E-state index is -1.20. The maximum absolute atomic E-state index is 11.1. The quantitative estimate of drug-likeness (QED) is 0.579. The number of nitrogens with zero attached hydrogens (tertiary/aromatic N) is 1. The molecule has 19 heavy (non-hydrogen) atoms. The van der Waals surface area contributed by atoms with Crippen molar-refractivity contribution in [1.82, 2.24) is 0 Å². The van der Waals surface area contributed by atoms with Gasteiger partial charge in [-0.15, -0.1) is 0 Å².